The van der Waals surface area contributed by atoms with E-state index in [9.17, 15) is 9.59 Å². The molecule has 1 atom stereocenters. The molecule has 3 amide bonds. The third-order valence-electron chi connectivity index (χ3n) is 2.65. The molecule has 0 N–H and O–H groups in total. The van der Waals surface area contributed by atoms with E-state index in [0.29, 0.717) is 0 Å². The van der Waals surface area contributed by atoms with E-state index in [1.165, 1.54) is 4.90 Å². The Morgan fingerprint density at radius 2 is 1.86 bits per heavy atom. The maximum Gasteiger partial charge on any atom is 0.327 e. The van der Waals surface area contributed by atoms with E-state index < -0.39 is 0 Å². The molecule has 80 valence electrons. The summed E-state index contributed by atoms with van der Waals surface area (Å²) in [6.45, 7) is 4.75. The molecule has 0 spiro atoms. The Morgan fingerprint density at radius 3 is 2.43 bits per heavy atom. The van der Waals surface area contributed by atoms with Gasteiger partial charge in [-0.3, -0.25) is 9.69 Å². The van der Waals surface area contributed by atoms with Gasteiger partial charge >= 0.3 is 6.03 Å². The third-order valence-corrected chi connectivity index (χ3v) is 2.65. The number of nitrogens with zero attached hydrogens (tertiary/aromatic N) is 2. The highest BCUT2D eigenvalue weighted by atomic mass is 16.2. The van der Waals surface area contributed by atoms with E-state index >= 15 is 0 Å². The zero-order chi connectivity index (χ0) is 10.7. The third kappa shape index (κ3) is 1.61. The predicted octanol–water partition coefficient (Wildman–Crippen LogP) is 1.46. The highest BCUT2D eigenvalue weighted by molar-refractivity contribution is 6.03. The largest absolute Gasteiger partial charge is 0.327 e. The molecule has 0 saturated carbocycles. The smallest absolute Gasteiger partial charge is 0.312 e. The molecule has 2 rings (SSSR count). The van der Waals surface area contributed by atoms with Crippen LogP contribution in [0.25, 0.3) is 0 Å². The standard InChI is InChI=1S/C8H12N2O2.C2H6/c1-9-7(11)6-4-2-3-5-10(6)8(9)12;1-2/h6H,2-5H2,1H3;1-2H3. The first-order valence-corrected chi connectivity index (χ1v) is 5.30. The molecule has 14 heavy (non-hydrogen) atoms. The van der Waals surface area contributed by atoms with Crippen LogP contribution >= 0.6 is 0 Å². The summed E-state index contributed by atoms with van der Waals surface area (Å²) in [5, 5.41) is 0. The van der Waals surface area contributed by atoms with Gasteiger partial charge in [0.05, 0.1) is 0 Å². The summed E-state index contributed by atoms with van der Waals surface area (Å²) >= 11 is 0. The summed E-state index contributed by atoms with van der Waals surface area (Å²) in [7, 11) is 1.56. The van der Waals surface area contributed by atoms with Crippen LogP contribution in [0.15, 0.2) is 0 Å². The number of hydrogen-bond donors (Lipinski definition) is 0. The highest BCUT2D eigenvalue weighted by Crippen LogP contribution is 2.25. The number of rotatable bonds is 0. The first-order valence-electron chi connectivity index (χ1n) is 5.30. The van der Waals surface area contributed by atoms with E-state index in [4.69, 9.17) is 0 Å². The van der Waals surface area contributed by atoms with Crippen molar-refractivity contribution in [3.63, 3.8) is 0 Å². The number of hydrogen-bond acceptors (Lipinski definition) is 2. The van der Waals surface area contributed by atoms with Gasteiger partial charge < -0.3 is 4.90 Å². The molecule has 2 saturated heterocycles. The highest BCUT2D eigenvalue weighted by Gasteiger charge is 2.43. The van der Waals surface area contributed by atoms with Crippen LogP contribution in [0.5, 0.6) is 0 Å². The Kier molecular flexibility index (Phi) is 3.49. The molecule has 1 unspecified atom stereocenters. The van der Waals surface area contributed by atoms with Crippen molar-refractivity contribution >= 4 is 11.9 Å². The number of imide groups is 1. The summed E-state index contributed by atoms with van der Waals surface area (Å²) in [5.41, 5.74) is 0. The van der Waals surface area contributed by atoms with E-state index in [1.54, 1.807) is 11.9 Å². The Labute approximate surface area is 84.9 Å². The predicted molar refractivity (Wildman–Crippen MR) is 53.9 cm³/mol. The number of carbonyl (C=O) groups excluding carboxylic acids is 2. The number of urea groups is 1. The quantitative estimate of drug-likeness (QED) is 0.553. The van der Waals surface area contributed by atoms with Crippen LogP contribution in [-0.4, -0.2) is 41.4 Å². The number of likely N-dealkylation sites (N-methyl/N-ethyl adjacent to an activating group) is 1. The zero-order valence-corrected chi connectivity index (χ0v) is 9.12. The zero-order valence-electron chi connectivity index (χ0n) is 9.12. The summed E-state index contributed by atoms with van der Waals surface area (Å²) < 4.78 is 0. The maximum atomic E-state index is 11.4. The molecule has 2 aliphatic rings. The van der Waals surface area contributed by atoms with Gasteiger partial charge in [0, 0.05) is 13.6 Å². The molecule has 0 radical (unpaired) electrons. The van der Waals surface area contributed by atoms with Crippen molar-refractivity contribution in [2.45, 2.75) is 39.2 Å². The Balaban J connectivity index is 0.000000461. The van der Waals surface area contributed by atoms with E-state index in [-0.39, 0.29) is 18.0 Å². The molecule has 0 aliphatic carbocycles. The van der Waals surface area contributed by atoms with Gasteiger partial charge in [-0.15, -0.1) is 0 Å². The molecular weight excluding hydrogens is 180 g/mol. The van der Waals surface area contributed by atoms with Crippen LogP contribution in [-0.2, 0) is 4.79 Å². The van der Waals surface area contributed by atoms with Crippen LogP contribution in [0.4, 0.5) is 4.79 Å². The normalized spacial score (nSPS) is 25.8. The molecule has 2 heterocycles. The molecule has 0 aromatic carbocycles. The minimum absolute atomic E-state index is 0.0281. The van der Waals surface area contributed by atoms with Crippen molar-refractivity contribution in [1.29, 1.82) is 0 Å². The summed E-state index contributed by atoms with van der Waals surface area (Å²) in [4.78, 5) is 25.7. The van der Waals surface area contributed by atoms with Crippen LogP contribution in [0.2, 0.25) is 0 Å². The Bertz CT molecular complexity index is 216. The number of fused-ring (bicyclic) bond motifs is 1. The van der Waals surface area contributed by atoms with Crippen molar-refractivity contribution in [3.8, 4) is 0 Å². The number of carbonyl (C=O) groups is 2. The molecule has 4 nitrogen and oxygen atoms in total. The van der Waals surface area contributed by atoms with Crippen LogP contribution in [0.3, 0.4) is 0 Å². The summed E-state index contributed by atoms with van der Waals surface area (Å²) in [6.07, 6.45) is 2.94. The second kappa shape index (κ2) is 4.44. The fraction of sp³-hybridized carbons (Fsp3) is 0.800. The SMILES string of the molecule is CC.CN1C(=O)C2CCCCN2C1=O. The first-order chi connectivity index (χ1) is 6.72. The molecular formula is C10H18N2O2. The van der Waals surface area contributed by atoms with E-state index in [1.807, 2.05) is 13.8 Å². The van der Waals surface area contributed by atoms with Crippen LogP contribution in [0, 0.1) is 0 Å². The second-order valence-corrected chi connectivity index (χ2v) is 3.38. The van der Waals surface area contributed by atoms with Crippen molar-refractivity contribution in [1.82, 2.24) is 9.80 Å². The number of piperidine rings is 1. The Morgan fingerprint density at radius 1 is 1.21 bits per heavy atom. The van der Waals surface area contributed by atoms with Crippen LogP contribution in [0.1, 0.15) is 33.1 Å². The van der Waals surface area contributed by atoms with Crippen molar-refractivity contribution in [2.24, 2.45) is 0 Å². The van der Waals surface area contributed by atoms with Crippen molar-refractivity contribution in [3.05, 3.63) is 0 Å². The lowest BCUT2D eigenvalue weighted by Gasteiger charge is -2.25. The van der Waals surface area contributed by atoms with E-state index in [2.05, 4.69) is 0 Å². The van der Waals surface area contributed by atoms with Crippen molar-refractivity contribution < 1.29 is 9.59 Å². The average Bonchev–Trinajstić information content (AvgIpc) is 2.48. The molecule has 2 fully saturated rings. The maximum absolute atomic E-state index is 11.4. The monoisotopic (exact) mass is 198 g/mol. The first kappa shape index (κ1) is 11.0. The van der Waals surface area contributed by atoms with Crippen LogP contribution < -0.4 is 0 Å². The lowest BCUT2D eigenvalue weighted by molar-refractivity contribution is -0.127. The van der Waals surface area contributed by atoms with Gasteiger partial charge in [0.15, 0.2) is 0 Å². The summed E-state index contributed by atoms with van der Waals surface area (Å²) in [5.74, 6) is -0.0281. The topological polar surface area (TPSA) is 40.6 Å². The minimum Gasteiger partial charge on any atom is -0.312 e. The van der Waals surface area contributed by atoms with Gasteiger partial charge in [0.25, 0.3) is 5.91 Å². The molecule has 0 bridgehead atoms. The average molecular weight is 198 g/mol. The minimum atomic E-state index is -0.142. The molecule has 0 aromatic heterocycles. The summed E-state index contributed by atoms with van der Waals surface area (Å²) in [6, 6.07) is -0.263. The lowest BCUT2D eigenvalue weighted by atomic mass is 10.0. The molecule has 4 heteroatoms. The van der Waals surface area contributed by atoms with Gasteiger partial charge in [-0.25, -0.2) is 4.79 Å². The fourth-order valence-corrected chi connectivity index (χ4v) is 1.93. The molecule has 2 aliphatic heterocycles. The van der Waals surface area contributed by atoms with Crippen molar-refractivity contribution in [2.75, 3.05) is 13.6 Å². The fourth-order valence-electron chi connectivity index (χ4n) is 1.93. The van der Waals surface area contributed by atoms with Gasteiger partial charge in [0.1, 0.15) is 6.04 Å². The van der Waals surface area contributed by atoms with Gasteiger partial charge in [-0.1, -0.05) is 13.8 Å². The lowest BCUT2D eigenvalue weighted by Crippen LogP contribution is -2.38. The van der Waals surface area contributed by atoms with Gasteiger partial charge in [-0.2, -0.15) is 0 Å². The Hall–Kier alpha value is -1.06. The van der Waals surface area contributed by atoms with Gasteiger partial charge in [0.2, 0.25) is 0 Å². The van der Waals surface area contributed by atoms with Gasteiger partial charge in [-0.05, 0) is 19.3 Å². The number of amides is 3. The van der Waals surface area contributed by atoms with E-state index in [0.717, 1.165) is 25.8 Å². The second-order valence-electron chi connectivity index (χ2n) is 3.38. The molecule has 0 aromatic rings.